The van der Waals surface area contributed by atoms with Crippen LogP contribution in [0.3, 0.4) is 0 Å². The second kappa shape index (κ2) is 6.31. The molecule has 4 N–H and O–H groups in total. The first-order valence-electron chi connectivity index (χ1n) is 5.51. The fraction of sp³-hybridized carbons (Fsp3) is 0.231. The van der Waals surface area contributed by atoms with E-state index in [4.69, 9.17) is 11.5 Å². The van der Waals surface area contributed by atoms with E-state index in [0.29, 0.717) is 6.42 Å². The Morgan fingerprint density at radius 2 is 2.16 bits per heavy atom. The summed E-state index contributed by atoms with van der Waals surface area (Å²) in [6.45, 7) is 1.75. The maximum Gasteiger partial charge on any atom is 0.339 e. The van der Waals surface area contributed by atoms with Gasteiger partial charge in [0.25, 0.3) is 0 Å². The van der Waals surface area contributed by atoms with Crippen LogP contribution in [0.15, 0.2) is 18.2 Å². The largest absolute Gasteiger partial charge is 0.507 e. The van der Waals surface area contributed by atoms with Crippen molar-refractivity contribution in [2.45, 2.75) is 19.4 Å². The molecule has 0 heterocycles. The van der Waals surface area contributed by atoms with Gasteiger partial charge in [-0.3, -0.25) is 0 Å². The fourth-order valence-electron chi connectivity index (χ4n) is 1.41. The van der Waals surface area contributed by atoms with Crippen molar-refractivity contribution in [3.8, 4) is 18.1 Å². The number of urea groups is 1. The zero-order valence-corrected chi connectivity index (χ0v) is 10.3. The summed E-state index contributed by atoms with van der Waals surface area (Å²) in [5.41, 5.74) is 0.0552. The highest BCUT2D eigenvalue weighted by atomic mass is 16.4. The summed E-state index contributed by atoms with van der Waals surface area (Å²) in [7, 11) is 0. The first kappa shape index (κ1) is 14.4. The van der Waals surface area contributed by atoms with Crippen LogP contribution < -0.4 is 10.6 Å². The van der Waals surface area contributed by atoms with Gasteiger partial charge in [-0.25, -0.2) is 9.59 Å². The van der Waals surface area contributed by atoms with Gasteiger partial charge in [0.1, 0.15) is 11.3 Å². The zero-order valence-electron chi connectivity index (χ0n) is 10.3. The lowest BCUT2D eigenvalue weighted by atomic mass is 10.2. The van der Waals surface area contributed by atoms with Crippen molar-refractivity contribution in [2.24, 2.45) is 0 Å². The highest BCUT2D eigenvalue weighted by molar-refractivity contribution is 5.94. The van der Waals surface area contributed by atoms with Crippen molar-refractivity contribution in [3.63, 3.8) is 0 Å². The van der Waals surface area contributed by atoms with Crippen LogP contribution in [0.1, 0.15) is 23.7 Å². The van der Waals surface area contributed by atoms with Crippen LogP contribution in [-0.4, -0.2) is 28.3 Å². The number of anilines is 1. The Kier molecular flexibility index (Phi) is 4.77. The molecule has 0 fully saturated rings. The van der Waals surface area contributed by atoms with Crippen LogP contribution in [0, 0.1) is 12.3 Å². The summed E-state index contributed by atoms with van der Waals surface area (Å²) in [5, 5.41) is 23.3. The van der Waals surface area contributed by atoms with Crippen LogP contribution in [0.2, 0.25) is 0 Å². The van der Waals surface area contributed by atoms with Crippen molar-refractivity contribution in [1.29, 1.82) is 0 Å². The number of phenols is 1. The summed E-state index contributed by atoms with van der Waals surface area (Å²) >= 11 is 0. The van der Waals surface area contributed by atoms with Gasteiger partial charge in [-0.15, -0.1) is 12.3 Å². The Bertz CT molecular complexity index is 534. The average molecular weight is 262 g/mol. The molecule has 1 aromatic rings. The van der Waals surface area contributed by atoms with Crippen molar-refractivity contribution < 1.29 is 19.8 Å². The first-order chi connectivity index (χ1) is 8.93. The van der Waals surface area contributed by atoms with E-state index >= 15 is 0 Å². The number of carbonyl (C=O) groups is 2. The molecular formula is C13H14N2O4. The number of carboxylic acid groups (broad SMARTS) is 1. The van der Waals surface area contributed by atoms with E-state index < -0.39 is 17.7 Å². The van der Waals surface area contributed by atoms with E-state index in [1.807, 2.05) is 0 Å². The van der Waals surface area contributed by atoms with Gasteiger partial charge in [-0.05, 0) is 19.1 Å². The molecule has 19 heavy (non-hydrogen) atoms. The Morgan fingerprint density at radius 3 is 2.68 bits per heavy atom. The van der Waals surface area contributed by atoms with Crippen molar-refractivity contribution in [3.05, 3.63) is 23.8 Å². The van der Waals surface area contributed by atoms with Gasteiger partial charge in [0.2, 0.25) is 0 Å². The summed E-state index contributed by atoms with van der Waals surface area (Å²) in [5.74, 6) is 0.763. The van der Waals surface area contributed by atoms with Gasteiger partial charge in [-0.2, -0.15) is 0 Å². The number of amides is 2. The number of terminal acetylenes is 1. The van der Waals surface area contributed by atoms with Crippen LogP contribution in [0.5, 0.6) is 5.75 Å². The van der Waals surface area contributed by atoms with Gasteiger partial charge in [0.05, 0.1) is 0 Å². The molecule has 0 aliphatic heterocycles. The summed E-state index contributed by atoms with van der Waals surface area (Å²) in [6, 6.07) is 3.09. The molecule has 0 aliphatic rings. The normalized spacial score (nSPS) is 11.2. The summed E-state index contributed by atoms with van der Waals surface area (Å²) < 4.78 is 0. The number of aromatic carboxylic acids is 1. The second-order valence-electron chi connectivity index (χ2n) is 3.94. The van der Waals surface area contributed by atoms with Gasteiger partial charge < -0.3 is 20.8 Å². The molecule has 1 rings (SSSR count). The smallest absolute Gasteiger partial charge is 0.339 e. The summed E-state index contributed by atoms with van der Waals surface area (Å²) in [6.07, 6.45) is 5.51. The number of benzene rings is 1. The van der Waals surface area contributed by atoms with Gasteiger partial charge in [-0.1, -0.05) is 0 Å². The monoisotopic (exact) mass is 262 g/mol. The van der Waals surface area contributed by atoms with Crippen LogP contribution in [-0.2, 0) is 0 Å². The summed E-state index contributed by atoms with van der Waals surface area (Å²) in [4.78, 5) is 22.2. The lowest BCUT2D eigenvalue weighted by Gasteiger charge is -2.12. The van der Waals surface area contributed by atoms with E-state index in [9.17, 15) is 14.7 Å². The molecule has 1 aromatic carbocycles. The van der Waals surface area contributed by atoms with Crippen LogP contribution >= 0.6 is 0 Å². The molecule has 0 aliphatic carbocycles. The minimum atomic E-state index is -1.24. The molecule has 2 amide bonds. The number of carbonyl (C=O) groups excluding carboxylic acids is 1. The number of hydrogen-bond acceptors (Lipinski definition) is 3. The number of aromatic hydroxyl groups is 1. The number of rotatable bonds is 4. The predicted octanol–water partition coefficient (Wildman–Crippen LogP) is 1.62. The van der Waals surface area contributed by atoms with E-state index in [-0.39, 0.29) is 17.3 Å². The third-order valence-electron chi connectivity index (χ3n) is 2.29. The Morgan fingerprint density at radius 1 is 1.47 bits per heavy atom. The lowest BCUT2D eigenvalue weighted by Crippen LogP contribution is -2.35. The Balaban J connectivity index is 2.68. The highest BCUT2D eigenvalue weighted by Crippen LogP contribution is 2.21. The molecule has 0 spiro atoms. The van der Waals surface area contributed by atoms with Crippen molar-refractivity contribution >= 4 is 17.7 Å². The van der Waals surface area contributed by atoms with Crippen molar-refractivity contribution in [2.75, 3.05) is 5.32 Å². The molecule has 1 atom stereocenters. The molecule has 0 bridgehead atoms. The molecular weight excluding hydrogens is 248 g/mol. The van der Waals surface area contributed by atoms with Crippen LogP contribution in [0.4, 0.5) is 10.5 Å². The number of hydrogen-bond donors (Lipinski definition) is 4. The SMILES string of the molecule is C#CCC(C)NC(=O)Nc1ccc(C(=O)O)c(O)c1. The van der Waals surface area contributed by atoms with E-state index in [2.05, 4.69) is 16.6 Å². The van der Waals surface area contributed by atoms with Crippen molar-refractivity contribution in [1.82, 2.24) is 5.32 Å². The fourth-order valence-corrected chi connectivity index (χ4v) is 1.41. The van der Waals surface area contributed by atoms with Gasteiger partial charge in [0, 0.05) is 24.2 Å². The van der Waals surface area contributed by atoms with Gasteiger partial charge >= 0.3 is 12.0 Å². The number of nitrogens with one attached hydrogen (secondary N) is 2. The molecule has 6 nitrogen and oxygen atoms in total. The predicted molar refractivity (Wildman–Crippen MR) is 70.1 cm³/mol. The maximum atomic E-state index is 11.5. The van der Waals surface area contributed by atoms with E-state index in [0.717, 1.165) is 6.07 Å². The minimum Gasteiger partial charge on any atom is -0.507 e. The van der Waals surface area contributed by atoms with E-state index in [1.54, 1.807) is 6.92 Å². The zero-order chi connectivity index (χ0) is 14.4. The second-order valence-corrected chi connectivity index (χ2v) is 3.94. The topological polar surface area (TPSA) is 98.7 Å². The van der Waals surface area contributed by atoms with Crippen LogP contribution in [0.25, 0.3) is 0 Å². The quantitative estimate of drug-likeness (QED) is 0.620. The number of carboxylic acids is 1. The molecule has 1 unspecified atom stereocenters. The third-order valence-corrected chi connectivity index (χ3v) is 2.29. The third kappa shape index (κ3) is 4.24. The molecule has 0 saturated carbocycles. The Hall–Kier alpha value is -2.68. The maximum absolute atomic E-state index is 11.5. The Labute approximate surface area is 110 Å². The molecule has 6 heteroatoms. The molecule has 0 saturated heterocycles. The first-order valence-corrected chi connectivity index (χ1v) is 5.51. The van der Waals surface area contributed by atoms with E-state index in [1.165, 1.54) is 12.1 Å². The standard InChI is InChI=1S/C13H14N2O4/c1-3-4-8(2)14-13(19)15-9-5-6-10(12(17)18)11(16)7-9/h1,5-8,16H,4H2,2H3,(H,17,18)(H2,14,15,19). The average Bonchev–Trinajstić information content (AvgIpc) is 2.28. The van der Waals surface area contributed by atoms with Gasteiger partial charge in [0.15, 0.2) is 0 Å². The molecule has 100 valence electrons. The highest BCUT2D eigenvalue weighted by Gasteiger charge is 2.11. The lowest BCUT2D eigenvalue weighted by molar-refractivity contribution is 0.0694. The minimum absolute atomic E-state index is 0.183. The molecule has 0 aromatic heterocycles. The molecule has 0 radical (unpaired) electrons.